The van der Waals surface area contributed by atoms with Crippen molar-refractivity contribution in [2.24, 2.45) is 0 Å². The van der Waals surface area contributed by atoms with Gasteiger partial charge in [-0.15, -0.1) is 0 Å². The number of carbonyl (C=O) groups is 1. The molecule has 132 valence electrons. The normalized spacial score (nSPS) is 10.4. The van der Waals surface area contributed by atoms with E-state index >= 15 is 0 Å². The molecule has 3 aromatic rings. The molecule has 0 unspecified atom stereocenters. The first-order chi connectivity index (χ1) is 12.6. The van der Waals surface area contributed by atoms with Gasteiger partial charge in [-0.1, -0.05) is 48.5 Å². The van der Waals surface area contributed by atoms with Crippen LogP contribution in [0.2, 0.25) is 0 Å². The maximum absolute atomic E-state index is 13.7. The molecule has 1 aromatic heterocycles. The van der Waals surface area contributed by atoms with E-state index in [1.807, 2.05) is 30.3 Å². The minimum atomic E-state index is -0.257. The molecule has 0 radical (unpaired) electrons. The van der Waals surface area contributed by atoms with E-state index < -0.39 is 0 Å². The van der Waals surface area contributed by atoms with Gasteiger partial charge in [-0.2, -0.15) is 0 Å². The van der Waals surface area contributed by atoms with Gasteiger partial charge in [0.15, 0.2) is 0 Å². The van der Waals surface area contributed by atoms with Gasteiger partial charge in [0.1, 0.15) is 11.5 Å². The Hall–Kier alpha value is -3.21. The Morgan fingerprint density at radius 1 is 1.08 bits per heavy atom. The highest BCUT2D eigenvalue weighted by molar-refractivity contribution is 5.92. The molecule has 1 heterocycles. The lowest BCUT2D eigenvalue weighted by molar-refractivity contribution is 0.0779. The van der Waals surface area contributed by atoms with Crippen LogP contribution in [0.5, 0.6) is 0 Å². The van der Waals surface area contributed by atoms with E-state index in [1.165, 1.54) is 6.07 Å². The van der Waals surface area contributed by atoms with Crippen LogP contribution < -0.4 is 5.32 Å². The van der Waals surface area contributed by atoms with Crippen molar-refractivity contribution in [3.8, 4) is 0 Å². The van der Waals surface area contributed by atoms with Crippen LogP contribution >= 0.6 is 0 Å². The average Bonchev–Trinajstić information content (AvgIpc) is 2.68. The number of anilines is 1. The fourth-order valence-corrected chi connectivity index (χ4v) is 2.62. The van der Waals surface area contributed by atoms with Gasteiger partial charge in [-0.05, 0) is 23.8 Å². The molecule has 0 aliphatic rings. The van der Waals surface area contributed by atoms with Crippen molar-refractivity contribution >= 4 is 11.6 Å². The average molecular weight is 349 g/mol. The molecule has 0 spiro atoms. The largest absolute Gasteiger partial charge is 0.381 e. The number of carbonyl (C=O) groups excluding carboxylic acids is 1. The molecule has 1 N–H and O–H groups in total. The van der Waals surface area contributed by atoms with E-state index in [4.69, 9.17) is 0 Å². The number of aromatic nitrogens is 1. The van der Waals surface area contributed by atoms with Gasteiger partial charge in [0.05, 0.1) is 0 Å². The van der Waals surface area contributed by atoms with Gasteiger partial charge in [-0.3, -0.25) is 9.78 Å². The van der Waals surface area contributed by atoms with Crippen LogP contribution in [0.25, 0.3) is 0 Å². The topological polar surface area (TPSA) is 45.2 Å². The summed E-state index contributed by atoms with van der Waals surface area (Å²) in [6, 6.07) is 19.8. The summed E-state index contributed by atoms with van der Waals surface area (Å²) >= 11 is 0. The molecule has 26 heavy (non-hydrogen) atoms. The number of amides is 1. The van der Waals surface area contributed by atoms with E-state index in [9.17, 15) is 9.18 Å². The first-order valence-corrected chi connectivity index (χ1v) is 8.36. The zero-order valence-electron chi connectivity index (χ0n) is 14.5. The highest BCUT2D eigenvalue weighted by atomic mass is 19.1. The fraction of sp³-hybridized carbons (Fsp3) is 0.143. The molecule has 0 aliphatic heterocycles. The molecule has 0 aliphatic carbocycles. The molecular weight excluding hydrogens is 329 g/mol. The molecule has 0 saturated carbocycles. The van der Waals surface area contributed by atoms with Gasteiger partial charge in [0.25, 0.3) is 5.91 Å². The molecule has 0 bridgehead atoms. The van der Waals surface area contributed by atoms with Gasteiger partial charge in [0, 0.05) is 37.6 Å². The van der Waals surface area contributed by atoms with Gasteiger partial charge in [0.2, 0.25) is 0 Å². The first-order valence-electron chi connectivity index (χ1n) is 8.36. The number of nitrogens with zero attached hydrogens (tertiary/aromatic N) is 2. The maximum atomic E-state index is 13.7. The Kier molecular flexibility index (Phi) is 5.59. The smallest absolute Gasteiger partial charge is 0.272 e. The summed E-state index contributed by atoms with van der Waals surface area (Å²) in [6.45, 7) is 0.846. The summed E-state index contributed by atoms with van der Waals surface area (Å²) in [5.41, 5.74) is 2.69. The third kappa shape index (κ3) is 4.45. The maximum Gasteiger partial charge on any atom is 0.272 e. The molecule has 1 amide bonds. The standard InChI is InChI=1S/C21H20FN3O/c1-25(15-16-7-3-2-4-8-16)21(26)20-13-18(11-12-23-20)24-14-17-9-5-6-10-19(17)22/h2-13H,14-15H2,1H3,(H,23,24). The number of nitrogens with one attached hydrogen (secondary N) is 1. The zero-order valence-corrected chi connectivity index (χ0v) is 14.5. The lowest BCUT2D eigenvalue weighted by Crippen LogP contribution is -2.27. The van der Waals surface area contributed by atoms with Crippen molar-refractivity contribution in [1.82, 2.24) is 9.88 Å². The molecule has 0 atom stereocenters. The van der Waals surface area contributed by atoms with Crippen LogP contribution in [-0.2, 0) is 13.1 Å². The van der Waals surface area contributed by atoms with E-state index in [2.05, 4.69) is 10.3 Å². The first kappa shape index (κ1) is 17.6. The van der Waals surface area contributed by atoms with Crippen molar-refractivity contribution in [1.29, 1.82) is 0 Å². The van der Waals surface area contributed by atoms with E-state index in [0.717, 1.165) is 11.3 Å². The van der Waals surface area contributed by atoms with Crippen molar-refractivity contribution < 1.29 is 9.18 Å². The number of hydrogen-bond acceptors (Lipinski definition) is 3. The molecule has 2 aromatic carbocycles. The molecule has 4 nitrogen and oxygen atoms in total. The Morgan fingerprint density at radius 2 is 1.81 bits per heavy atom. The van der Waals surface area contributed by atoms with Crippen LogP contribution in [-0.4, -0.2) is 22.8 Å². The third-order valence-corrected chi connectivity index (χ3v) is 4.03. The lowest BCUT2D eigenvalue weighted by atomic mass is 10.2. The second kappa shape index (κ2) is 8.25. The molecule has 3 rings (SSSR count). The van der Waals surface area contributed by atoms with Crippen LogP contribution in [0.3, 0.4) is 0 Å². The Labute approximate surface area is 152 Å². The zero-order chi connectivity index (χ0) is 18.4. The fourth-order valence-electron chi connectivity index (χ4n) is 2.62. The third-order valence-electron chi connectivity index (χ3n) is 4.03. The quantitative estimate of drug-likeness (QED) is 0.728. The van der Waals surface area contributed by atoms with Crippen LogP contribution in [0.4, 0.5) is 10.1 Å². The SMILES string of the molecule is CN(Cc1ccccc1)C(=O)c1cc(NCc2ccccc2F)ccn1. The number of rotatable bonds is 6. The van der Waals surface area contributed by atoms with Crippen LogP contribution in [0.1, 0.15) is 21.6 Å². The predicted octanol–water partition coefficient (Wildman–Crippen LogP) is 4.11. The summed E-state index contributed by atoms with van der Waals surface area (Å²) in [5, 5.41) is 3.13. The lowest BCUT2D eigenvalue weighted by Gasteiger charge is -2.17. The molecular formula is C21H20FN3O. The summed E-state index contributed by atoms with van der Waals surface area (Å²) < 4.78 is 13.7. The van der Waals surface area contributed by atoms with E-state index in [1.54, 1.807) is 48.5 Å². The highest BCUT2D eigenvalue weighted by Crippen LogP contribution is 2.14. The Morgan fingerprint density at radius 3 is 2.58 bits per heavy atom. The van der Waals surface area contributed by atoms with E-state index in [-0.39, 0.29) is 11.7 Å². The second-order valence-electron chi connectivity index (χ2n) is 6.02. The van der Waals surface area contributed by atoms with Crippen molar-refractivity contribution in [2.45, 2.75) is 13.1 Å². The van der Waals surface area contributed by atoms with Crippen molar-refractivity contribution in [3.63, 3.8) is 0 Å². The highest BCUT2D eigenvalue weighted by Gasteiger charge is 2.14. The van der Waals surface area contributed by atoms with Crippen LogP contribution in [0.15, 0.2) is 72.9 Å². The molecule has 0 fully saturated rings. The van der Waals surface area contributed by atoms with Crippen LogP contribution in [0, 0.1) is 5.82 Å². The van der Waals surface area contributed by atoms with Crippen molar-refractivity contribution in [3.05, 3.63) is 95.6 Å². The minimum absolute atomic E-state index is 0.164. The molecule has 0 saturated heterocycles. The summed E-state index contributed by atoms with van der Waals surface area (Å²) in [5.74, 6) is -0.420. The minimum Gasteiger partial charge on any atom is -0.381 e. The van der Waals surface area contributed by atoms with Gasteiger partial charge < -0.3 is 10.2 Å². The Bertz CT molecular complexity index is 883. The monoisotopic (exact) mass is 349 g/mol. The van der Waals surface area contributed by atoms with Gasteiger partial charge >= 0.3 is 0 Å². The number of benzene rings is 2. The second-order valence-corrected chi connectivity index (χ2v) is 6.02. The predicted molar refractivity (Wildman–Crippen MR) is 100 cm³/mol. The number of pyridine rings is 1. The van der Waals surface area contributed by atoms with E-state index in [0.29, 0.717) is 24.3 Å². The molecule has 5 heteroatoms. The summed E-state index contributed by atoms with van der Waals surface area (Å²) in [7, 11) is 1.75. The number of hydrogen-bond donors (Lipinski definition) is 1. The van der Waals surface area contributed by atoms with Gasteiger partial charge in [-0.25, -0.2) is 4.39 Å². The number of halogens is 1. The Balaban J connectivity index is 1.66. The summed E-state index contributed by atoms with van der Waals surface area (Å²) in [6.07, 6.45) is 1.58. The summed E-state index contributed by atoms with van der Waals surface area (Å²) in [4.78, 5) is 18.4. The van der Waals surface area contributed by atoms with Crippen molar-refractivity contribution in [2.75, 3.05) is 12.4 Å².